The molecule has 2 heterocycles. The van der Waals surface area contributed by atoms with Gasteiger partial charge in [-0.25, -0.2) is 8.42 Å². The molecule has 2 fully saturated rings. The van der Waals surface area contributed by atoms with Crippen LogP contribution in [0.4, 0.5) is 0 Å². The highest BCUT2D eigenvalue weighted by Gasteiger charge is 2.38. The molecule has 0 unspecified atom stereocenters. The van der Waals surface area contributed by atoms with Crippen LogP contribution in [0.5, 0.6) is 0 Å². The second-order valence-electron chi connectivity index (χ2n) is 7.03. The van der Waals surface area contributed by atoms with Crippen molar-refractivity contribution in [3.8, 4) is 0 Å². The normalized spacial score (nSPS) is 24.1. The van der Waals surface area contributed by atoms with Crippen molar-refractivity contribution in [3.63, 3.8) is 0 Å². The second kappa shape index (κ2) is 7.85. The first-order chi connectivity index (χ1) is 12.0. The molecule has 0 radical (unpaired) electrons. The topological polar surface area (TPSA) is 69.7 Å². The van der Waals surface area contributed by atoms with Crippen LogP contribution in [0.2, 0.25) is 0 Å². The molecule has 1 atom stereocenters. The van der Waals surface area contributed by atoms with Crippen LogP contribution in [0.3, 0.4) is 0 Å². The van der Waals surface area contributed by atoms with E-state index in [-0.39, 0.29) is 16.8 Å². The number of likely N-dealkylation sites (tertiary alicyclic amines) is 1. The quantitative estimate of drug-likeness (QED) is 0.877. The third kappa shape index (κ3) is 4.22. The van der Waals surface area contributed by atoms with Crippen molar-refractivity contribution in [1.82, 2.24) is 14.5 Å². The van der Waals surface area contributed by atoms with Gasteiger partial charge in [-0.3, -0.25) is 4.79 Å². The number of rotatable bonds is 4. The van der Waals surface area contributed by atoms with Crippen molar-refractivity contribution in [3.05, 3.63) is 30.3 Å². The van der Waals surface area contributed by atoms with Gasteiger partial charge >= 0.3 is 0 Å². The first-order valence-electron chi connectivity index (χ1n) is 9.04. The van der Waals surface area contributed by atoms with Gasteiger partial charge in [-0.2, -0.15) is 4.31 Å². The Morgan fingerprint density at radius 3 is 2.40 bits per heavy atom. The molecule has 7 heteroatoms. The number of benzene rings is 1. The molecule has 0 spiro atoms. The van der Waals surface area contributed by atoms with E-state index in [1.807, 2.05) is 0 Å². The van der Waals surface area contributed by atoms with E-state index in [9.17, 15) is 13.2 Å². The summed E-state index contributed by atoms with van der Waals surface area (Å²) >= 11 is 0. The number of carbonyl (C=O) groups excluding carboxylic acids is 1. The van der Waals surface area contributed by atoms with E-state index in [1.54, 1.807) is 30.3 Å². The fraction of sp³-hybridized carbons (Fsp3) is 0.611. The molecular formula is C18H27N3O3S. The van der Waals surface area contributed by atoms with Gasteiger partial charge in [0.1, 0.15) is 6.04 Å². The Kier molecular flexibility index (Phi) is 5.76. The molecule has 1 N–H and O–H groups in total. The van der Waals surface area contributed by atoms with Gasteiger partial charge in [0.05, 0.1) is 4.90 Å². The summed E-state index contributed by atoms with van der Waals surface area (Å²) in [4.78, 5) is 15.3. The molecular weight excluding hydrogens is 338 g/mol. The Morgan fingerprint density at radius 2 is 1.72 bits per heavy atom. The Morgan fingerprint density at radius 1 is 1.04 bits per heavy atom. The molecule has 2 aliphatic rings. The van der Waals surface area contributed by atoms with E-state index in [2.05, 4.69) is 17.3 Å². The molecule has 2 aliphatic heterocycles. The van der Waals surface area contributed by atoms with Crippen molar-refractivity contribution in [2.45, 2.75) is 49.1 Å². The summed E-state index contributed by atoms with van der Waals surface area (Å²) in [6, 6.07) is 7.95. The average Bonchev–Trinajstić information content (AvgIpc) is 2.64. The average molecular weight is 365 g/mol. The molecule has 2 saturated heterocycles. The number of nitrogens with zero attached hydrogens (tertiary/aromatic N) is 2. The maximum absolute atomic E-state index is 13.0. The molecule has 0 saturated carbocycles. The molecule has 25 heavy (non-hydrogen) atoms. The first kappa shape index (κ1) is 18.4. The predicted molar refractivity (Wildman–Crippen MR) is 96.6 cm³/mol. The lowest BCUT2D eigenvalue weighted by molar-refractivity contribution is -0.126. The van der Waals surface area contributed by atoms with Crippen molar-refractivity contribution in [1.29, 1.82) is 0 Å². The van der Waals surface area contributed by atoms with Crippen LogP contribution in [-0.4, -0.2) is 62.3 Å². The highest BCUT2D eigenvalue weighted by Crippen LogP contribution is 2.25. The van der Waals surface area contributed by atoms with Crippen LogP contribution in [-0.2, 0) is 14.8 Å². The summed E-state index contributed by atoms with van der Waals surface area (Å²) in [5.41, 5.74) is 0. The molecule has 6 nitrogen and oxygen atoms in total. The first-order valence-corrected chi connectivity index (χ1v) is 10.5. The van der Waals surface area contributed by atoms with Gasteiger partial charge in [-0.15, -0.1) is 0 Å². The fourth-order valence-corrected chi connectivity index (χ4v) is 5.31. The lowest BCUT2D eigenvalue weighted by Gasteiger charge is -2.36. The van der Waals surface area contributed by atoms with Gasteiger partial charge in [0.2, 0.25) is 15.9 Å². The largest absolute Gasteiger partial charge is 0.352 e. The minimum atomic E-state index is -3.64. The molecule has 1 amide bonds. The number of nitrogens with one attached hydrogen (secondary N) is 1. The molecule has 3 rings (SSSR count). The van der Waals surface area contributed by atoms with Gasteiger partial charge in [-0.05, 0) is 58.0 Å². The summed E-state index contributed by atoms with van der Waals surface area (Å²) in [5, 5.41) is 3.09. The van der Waals surface area contributed by atoms with Crippen molar-refractivity contribution in [2.75, 3.05) is 26.7 Å². The van der Waals surface area contributed by atoms with E-state index < -0.39 is 16.1 Å². The van der Waals surface area contributed by atoms with Crippen LogP contribution < -0.4 is 5.32 Å². The van der Waals surface area contributed by atoms with Gasteiger partial charge in [0.15, 0.2) is 0 Å². The summed E-state index contributed by atoms with van der Waals surface area (Å²) in [6.07, 6.45) is 4.10. The highest BCUT2D eigenvalue weighted by molar-refractivity contribution is 7.89. The standard InChI is InChI=1S/C18H27N3O3S/c1-20-13-10-15(11-14-20)19-18(22)17-9-5-6-12-21(17)25(23,24)16-7-3-2-4-8-16/h2-4,7-8,15,17H,5-6,9-14H2,1H3,(H,19,22)/t17-/m1/s1. The minimum absolute atomic E-state index is 0.145. The maximum atomic E-state index is 13.0. The molecule has 0 aliphatic carbocycles. The van der Waals surface area contributed by atoms with Gasteiger partial charge in [0.25, 0.3) is 0 Å². The number of sulfonamides is 1. The van der Waals surface area contributed by atoms with E-state index in [0.29, 0.717) is 13.0 Å². The summed E-state index contributed by atoms with van der Waals surface area (Å²) < 4.78 is 27.4. The smallest absolute Gasteiger partial charge is 0.243 e. The third-order valence-corrected chi connectivity index (χ3v) is 7.09. The zero-order valence-electron chi connectivity index (χ0n) is 14.7. The SMILES string of the molecule is CN1CCC(NC(=O)[C@H]2CCCCN2S(=O)(=O)c2ccccc2)CC1. The van der Waals surface area contributed by atoms with E-state index in [1.165, 1.54) is 4.31 Å². The maximum Gasteiger partial charge on any atom is 0.243 e. The Bertz CT molecular complexity index is 685. The van der Waals surface area contributed by atoms with Crippen molar-refractivity contribution >= 4 is 15.9 Å². The van der Waals surface area contributed by atoms with Crippen LogP contribution in [0, 0.1) is 0 Å². The van der Waals surface area contributed by atoms with E-state index in [4.69, 9.17) is 0 Å². The van der Waals surface area contributed by atoms with Crippen LogP contribution in [0.25, 0.3) is 0 Å². The second-order valence-corrected chi connectivity index (χ2v) is 8.92. The van der Waals surface area contributed by atoms with Crippen LogP contribution >= 0.6 is 0 Å². The molecule has 138 valence electrons. The monoisotopic (exact) mass is 365 g/mol. The number of carbonyl (C=O) groups is 1. The van der Waals surface area contributed by atoms with Crippen LogP contribution in [0.1, 0.15) is 32.1 Å². The van der Waals surface area contributed by atoms with E-state index in [0.717, 1.165) is 38.8 Å². The fourth-order valence-electron chi connectivity index (χ4n) is 3.63. The van der Waals surface area contributed by atoms with E-state index >= 15 is 0 Å². The van der Waals surface area contributed by atoms with Gasteiger partial charge < -0.3 is 10.2 Å². The van der Waals surface area contributed by atoms with Crippen molar-refractivity contribution in [2.24, 2.45) is 0 Å². The molecule has 1 aromatic carbocycles. The highest BCUT2D eigenvalue weighted by atomic mass is 32.2. The Labute approximate surface area is 150 Å². The molecule has 0 bridgehead atoms. The number of hydrogen-bond donors (Lipinski definition) is 1. The van der Waals surface area contributed by atoms with Crippen molar-refractivity contribution < 1.29 is 13.2 Å². The summed E-state index contributed by atoms with van der Waals surface area (Å²) in [5.74, 6) is -0.145. The Balaban J connectivity index is 1.73. The lowest BCUT2D eigenvalue weighted by Crippen LogP contribution is -2.54. The zero-order chi connectivity index (χ0) is 17.9. The van der Waals surface area contributed by atoms with Crippen LogP contribution in [0.15, 0.2) is 35.2 Å². The summed E-state index contributed by atoms with van der Waals surface area (Å²) in [7, 11) is -1.56. The zero-order valence-corrected chi connectivity index (χ0v) is 15.5. The lowest BCUT2D eigenvalue weighted by atomic mass is 10.0. The van der Waals surface area contributed by atoms with Gasteiger partial charge in [-0.1, -0.05) is 24.6 Å². The Hall–Kier alpha value is -1.44. The van der Waals surface area contributed by atoms with Gasteiger partial charge in [0, 0.05) is 12.6 Å². The predicted octanol–water partition coefficient (Wildman–Crippen LogP) is 1.44. The number of piperidine rings is 2. The third-order valence-electron chi connectivity index (χ3n) is 5.17. The number of amides is 1. The molecule has 1 aromatic rings. The summed E-state index contributed by atoms with van der Waals surface area (Å²) in [6.45, 7) is 2.33. The molecule has 0 aromatic heterocycles. The number of hydrogen-bond acceptors (Lipinski definition) is 4. The minimum Gasteiger partial charge on any atom is -0.352 e.